The van der Waals surface area contributed by atoms with Crippen LogP contribution in [0, 0.1) is 0 Å². The average Bonchev–Trinajstić information content (AvgIpc) is 2.47. The molecular formula is C17H27NO. The lowest BCUT2D eigenvalue weighted by atomic mass is 9.79. The van der Waals surface area contributed by atoms with E-state index in [0.29, 0.717) is 18.1 Å². The SMILES string of the molecule is CCC(OC)C(CC1CCCc2ccccc21)NC. The highest BCUT2D eigenvalue weighted by Gasteiger charge is 2.26. The Morgan fingerprint density at radius 2 is 2.16 bits per heavy atom. The Kier molecular flexibility index (Phi) is 5.41. The van der Waals surface area contributed by atoms with Gasteiger partial charge < -0.3 is 10.1 Å². The number of hydrogen-bond acceptors (Lipinski definition) is 2. The Morgan fingerprint density at radius 1 is 1.37 bits per heavy atom. The van der Waals surface area contributed by atoms with Crippen molar-refractivity contribution in [1.29, 1.82) is 0 Å². The van der Waals surface area contributed by atoms with Crippen molar-refractivity contribution < 1.29 is 4.74 Å². The minimum Gasteiger partial charge on any atom is -0.380 e. The van der Waals surface area contributed by atoms with Crippen LogP contribution in [0.15, 0.2) is 24.3 Å². The predicted octanol–water partition coefficient (Wildman–Crippen LogP) is 3.51. The number of likely N-dealkylation sites (N-methyl/N-ethyl adjacent to an activating group) is 1. The molecule has 0 saturated carbocycles. The first kappa shape index (κ1) is 14.5. The minimum atomic E-state index is 0.319. The van der Waals surface area contributed by atoms with Gasteiger partial charge in [-0.05, 0) is 56.2 Å². The summed E-state index contributed by atoms with van der Waals surface area (Å²) < 4.78 is 5.62. The summed E-state index contributed by atoms with van der Waals surface area (Å²) >= 11 is 0. The predicted molar refractivity (Wildman–Crippen MR) is 80.7 cm³/mol. The molecule has 1 aromatic carbocycles. The van der Waals surface area contributed by atoms with Crippen molar-refractivity contribution in [3.8, 4) is 0 Å². The second-order valence-corrected chi connectivity index (χ2v) is 5.60. The van der Waals surface area contributed by atoms with Gasteiger partial charge in [0.05, 0.1) is 6.10 Å². The van der Waals surface area contributed by atoms with Crippen LogP contribution in [0.2, 0.25) is 0 Å². The maximum absolute atomic E-state index is 5.62. The van der Waals surface area contributed by atoms with Crippen LogP contribution < -0.4 is 5.32 Å². The Labute approximate surface area is 117 Å². The van der Waals surface area contributed by atoms with E-state index in [1.165, 1.54) is 25.7 Å². The third kappa shape index (κ3) is 3.37. The van der Waals surface area contributed by atoms with Gasteiger partial charge in [0.25, 0.3) is 0 Å². The highest BCUT2D eigenvalue weighted by atomic mass is 16.5. The highest BCUT2D eigenvalue weighted by molar-refractivity contribution is 5.32. The molecule has 0 fully saturated rings. The first-order chi connectivity index (χ1) is 9.30. The molecule has 0 aromatic heterocycles. The molecule has 0 bridgehead atoms. The Morgan fingerprint density at radius 3 is 2.84 bits per heavy atom. The molecule has 1 N–H and O–H groups in total. The normalized spacial score (nSPS) is 21.7. The van der Waals surface area contributed by atoms with Gasteiger partial charge in [-0.25, -0.2) is 0 Å². The largest absolute Gasteiger partial charge is 0.380 e. The van der Waals surface area contributed by atoms with Gasteiger partial charge in [-0.3, -0.25) is 0 Å². The molecule has 0 heterocycles. The van der Waals surface area contributed by atoms with Crippen LogP contribution in [0.1, 0.15) is 49.7 Å². The molecule has 0 saturated heterocycles. The zero-order chi connectivity index (χ0) is 13.7. The van der Waals surface area contributed by atoms with Crippen molar-refractivity contribution in [3.63, 3.8) is 0 Å². The van der Waals surface area contributed by atoms with Gasteiger partial charge in [0.2, 0.25) is 0 Å². The fraction of sp³-hybridized carbons (Fsp3) is 0.647. The first-order valence-electron chi connectivity index (χ1n) is 7.58. The third-order valence-electron chi connectivity index (χ3n) is 4.56. The molecule has 2 heteroatoms. The lowest BCUT2D eigenvalue weighted by molar-refractivity contribution is 0.0620. The first-order valence-corrected chi connectivity index (χ1v) is 7.58. The van der Waals surface area contributed by atoms with Crippen LogP contribution in [-0.4, -0.2) is 26.3 Å². The van der Waals surface area contributed by atoms with E-state index in [-0.39, 0.29) is 0 Å². The van der Waals surface area contributed by atoms with Crippen molar-refractivity contribution in [2.24, 2.45) is 0 Å². The molecule has 0 aliphatic heterocycles. The van der Waals surface area contributed by atoms with E-state index in [9.17, 15) is 0 Å². The Bertz CT molecular complexity index is 387. The number of fused-ring (bicyclic) bond motifs is 1. The van der Waals surface area contributed by atoms with Gasteiger partial charge in [-0.15, -0.1) is 0 Å². The Balaban J connectivity index is 2.10. The van der Waals surface area contributed by atoms with Gasteiger partial charge in [-0.2, -0.15) is 0 Å². The van der Waals surface area contributed by atoms with E-state index in [2.05, 4.69) is 43.6 Å². The molecule has 1 aliphatic rings. The van der Waals surface area contributed by atoms with Crippen LogP contribution in [-0.2, 0) is 11.2 Å². The molecule has 106 valence electrons. The summed E-state index contributed by atoms with van der Waals surface area (Å²) in [5, 5.41) is 3.46. The lowest BCUT2D eigenvalue weighted by Gasteiger charge is -2.32. The van der Waals surface area contributed by atoms with E-state index in [1.807, 2.05) is 7.11 Å². The summed E-state index contributed by atoms with van der Waals surface area (Å²) in [4.78, 5) is 0. The molecular weight excluding hydrogens is 234 g/mol. The quantitative estimate of drug-likeness (QED) is 0.846. The van der Waals surface area contributed by atoms with Crippen LogP contribution in [0.5, 0.6) is 0 Å². The average molecular weight is 261 g/mol. The molecule has 0 spiro atoms. The summed E-state index contributed by atoms with van der Waals surface area (Å²) in [5.41, 5.74) is 3.12. The number of ether oxygens (including phenoxy) is 1. The molecule has 0 amide bonds. The summed E-state index contributed by atoms with van der Waals surface area (Å²) in [6.07, 6.45) is 6.45. The number of methoxy groups -OCH3 is 1. The fourth-order valence-electron chi connectivity index (χ4n) is 3.48. The van der Waals surface area contributed by atoms with Gasteiger partial charge in [0.1, 0.15) is 0 Å². The van der Waals surface area contributed by atoms with E-state index in [4.69, 9.17) is 4.74 Å². The maximum atomic E-state index is 5.62. The van der Waals surface area contributed by atoms with Crippen molar-refractivity contribution in [1.82, 2.24) is 5.32 Å². The molecule has 2 nitrogen and oxygen atoms in total. The standard InChI is InChI=1S/C17H27NO/c1-4-17(19-3)16(18-2)12-14-10-7-9-13-8-5-6-11-15(13)14/h5-6,8,11,14,16-18H,4,7,9-10,12H2,1-3H3. The zero-order valence-electron chi connectivity index (χ0n) is 12.5. The summed E-state index contributed by atoms with van der Waals surface area (Å²) in [5.74, 6) is 0.687. The summed E-state index contributed by atoms with van der Waals surface area (Å²) in [6.45, 7) is 2.20. The van der Waals surface area contributed by atoms with E-state index < -0.39 is 0 Å². The third-order valence-corrected chi connectivity index (χ3v) is 4.56. The topological polar surface area (TPSA) is 21.3 Å². The fourth-order valence-corrected chi connectivity index (χ4v) is 3.48. The summed E-state index contributed by atoms with van der Waals surface area (Å²) in [6, 6.07) is 9.41. The van der Waals surface area contributed by atoms with Gasteiger partial charge in [0, 0.05) is 13.2 Å². The second-order valence-electron chi connectivity index (χ2n) is 5.60. The van der Waals surface area contributed by atoms with E-state index in [1.54, 1.807) is 11.1 Å². The minimum absolute atomic E-state index is 0.319. The van der Waals surface area contributed by atoms with Gasteiger partial charge in [0.15, 0.2) is 0 Å². The van der Waals surface area contributed by atoms with Crippen LogP contribution in [0.25, 0.3) is 0 Å². The van der Waals surface area contributed by atoms with Crippen molar-refractivity contribution >= 4 is 0 Å². The van der Waals surface area contributed by atoms with Crippen LogP contribution in [0.4, 0.5) is 0 Å². The number of nitrogens with one attached hydrogen (secondary N) is 1. The molecule has 1 aliphatic carbocycles. The smallest absolute Gasteiger partial charge is 0.0721 e. The number of aryl methyl sites for hydroxylation is 1. The molecule has 0 radical (unpaired) electrons. The van der Waals surface area contributed by atoms with E-state index in [0.717, 1.165) is 6.42 Å². The highest BCUT2D eigenvalue weighted by Crippen LogP contribution is 2.35. The molecule has 1 aromatic rings. The number of benzene rings is 1. The molecule has 3 unspecified atom stereocenters. The Hall–Kier alpha value is -0.860. The number of rotatable bonds is 6. The van der Waals surface area contributed by atoms with Crippen molar-refractivity contribution in [3.05, 3.63) is 35.4 Å². The monoisotopic (exact) mass is 261 g/mol. The van der Waals surface area contributed by atoms with Crippen molar-refractivity contribution in [2.75, 3.05) is 14.2 Å². The molecule has 3 atom stereocenters. The lowest BCUT2D eigenvalue weighted by Crippen LogP contribution is -2.40. The second kappa shape index (κ2) is 7.06. The van der Waals surface area contributed by atoms with Crippen LogP contribution >= 0.6 is 0 Å². The van der Waals surface area contributed by atoms with Crippen molar-refractivity contribution in [2.45, 2.75) is 57.1 Å². The van der Waals surface area contributed by atoms with Gasteiger partial charge >= 0.3 is 0 Å². The number of hydrogen-bond donors (Lipinski definition) is 1. The summed E-state index contributed by atoms with van der Waals surface area (Å²) in [7, 11) is 3.88. The molecule has 2 rings (SSSR count). The zero-order valence-corrected chi connectivity index (χ0v) is 12.5. The molecule has 19 heavy (non-hydrogen) atoms. The van der Waals surface area contributed by atoms with E-state index >= 15 is 0 Å². The van der Waals surface area contributed by atoms with Gasteiger partial charge in [-0.1, -0.05) is 31.2 Å². The van der Waals surface area contributed by atoms with Crippen LogP contribution in [0.3, 0.4) is 0 Å². The maximum Gasteiger partial charge on any atom is 0.0721 e.